The first kappa shape index (κ1) is 14.4. The molecule has 3 rings (SSSR count). The fourth-order valence-electron chi connectivity index (χ4n) is 2.24. The summed E-state index contributed by atoms with van der Waals surface area (Å²) >= 11 is 4.48. The highest BCUT2D eigenvalue weighted by molar-refractivity contribution is 7.78. The van der Waals surface area contributed by atoms with Crippen LogP contribution in [0.25, 0.3) is 5.69 Å². The third kappa shape index (κ3) is 2.74. The number of hydrogen-bond acceptors (Lipinski definition) is 5. The lowest BCUT2D eigenvalue weighted by atomic mass is 10.2. The lowest BCUT2D eigenvalue weighted by Gasteiger charge is -2.14. The van der Waals surface area contributed by atoms with E-state index in [1.807, 2.05) is 0 Å². The van der Waals surface area contributed by atoms with Crippen LogP contribution in [0.2, 0.25) is 0 Å². The molecule has 0 radical (unpaired) electrons. The van der Waals surface area contributed by atoms with E-state index in [0.717, 1.165) is 0 Å². The Hall–Kier alpha value is -2.57. The maximum absolute atomic E-state index is 14.2. The van der Waals surface area contributed by atoms with Crippen molar-refractivity contribution in [2.45, 2.75) is 6.10 Å². The van der Waals surface area contributed by atoms with Crippen molar-refractivity contribution in [3.63, 3.8) is 0 Å². The van der Waals surface area contributed by atoms with E-state index in [4.69, 9.17) is 4.74 Å². The second-order valence-corrected chi connectivity index (χ2v) is 4.84. The fourth-order valence-corrected chi connectivity index (χ4v) is 2.32. The van der Waals surface area contributed by atoms with Crippen LogP contribution in [0.1, 0.15) is 0 Å². The molecule has 8 heteroatoms. The number of cyclic esters (lactones) is 1. The van der Waals surface area contributed by atoms with Crippen molar-refractivity contribution in [2.75, 3.05) is 18.0 Å². The normalized spacial score (nSPS) is 17.2. The van der Waals surface area contributed by atoms with Crippen molar-refractivity contribution < 1.29 is 13.9 Å². The third-order valence-electron chi connectivity index (χ3n) is 3.26. The van der Waals surface area contributed by atoms with E-state index < -0.39 is 18.0 Å². The monoisotopic (exact) mass is 318 g/mol. The van der Waals surface area contributed by atoms with Gasteiger partial charge in [-0.2, -0.15) is 0 Å². The highest BCUT2D eigenvalue weighted by Gasteiger charge is 2.32. The zero-order valence-corrected chi connectivity index (χ0v) is 12.2. The molecular weight excluding hydrogens is 307 g/mol. The van der Waals surface area contributed by atoms with Gasteiger partial charge in [-0.15, -0.1) is 0 Å². The molecule has 1 fully saturated rings. The maximum Gasteiger partial charge on any atom is 0.414 e. The summed E-state index contributed by atoms with van der Waals surface area (Å²) in [6.07, 6.45) is 3.77. The molecule has 22 heavy (non-hydrogen) atoms. The number of ether oxygens (including phenoxy) is 1. The van der Waals surface area contributed by atoms with E-state index in [9.17, 15) is 9.18 Å². The van der Waals surface area contributed by atoms with Crippen LogP contribution in [0.4, 0.5) is 14.9 Å². The molecule has 2 aromatic rings. The van der Waals surface area contributed by atoms with Gasteiger partial charge >= 0.3 is 6.09 Å². The Balaban J connectivity index is 1.82. The molecule has 112 valence electrons. The lowest BCUT2D eigenvalue weighted by Crippen LogP contribution is -2.25. The van der Waals surface area contributed by atoms with Crippen molar-refractivity contribution in [2.24, 2.45) is 4.99 Å². The van der Waals surface area contributed by atoms with Gasteiger partial charge in [0.15, 0.2) is 0 Å². The van der Waals surface area contributed by atoms with Crippen LogP contribution in [-0.4, -0.2) is 40.0 Å². The van der Waals surface area contributed by atoms with E-state index in [1.54, 1.807) is 29.1 Å². The Morgan fingerprint density at radius 1 is 1.55 bits per heavy atom. The van der Waals surface area contributed by atoms with Gasteiger partial charge in [-0.25, -0.2) is 19.2 Å². The SMILES string of the molecule is O=C1O[C@@H](CN=C=S)CN1c1ccc(-n2ccnc2)c(F)c1. The van der Waals surface area contributed by atoms with E-state index >= 15 is 0 Å². The van der Waals surface area contributed by atoms with Crippen LogP contribution in [0.3, 0.4) is 0 Å². The number of carbonyl (C=O) groups excluding carboxylic acids is 1. The quantitative estimate of drug-likeness (QED) is 0.642. The molecule has 0 spiro atoms. The standard InChI is InChI=1S/C14H11FN4O2S/c15-12-5-10(1-2-13(12)18-4-3-16-8-18)19-7-11(6-17-9-22)21-14(19)20/h1-5,8,11H,6-7H2/t11-/m0/s1. The molecule has 1 aromatic carbocycles. The van der Waals surface area contributed by atoms with Crippen LogP contribution in [-0.2, 0) is 4.74 Å². The molecule has 1 amide bonds. The summed E-state index contributed by atoms with van der Waals surface area (Å²) in [5.74, 6) is -0.455. The molecule has 1 atom stereocenters. The van der Waals surface area contributed by atoms with Gasteiger partial charge in [-0.3, -0.25) is 4.90 Å². The summed E-state index contributed by atoms with van der Waals surface area (Å²) in [4.78, 5) is 20.9. The van der Waals surface area contributed by atoms with Crippen LogP contribution in [0.15, 0.2) is 41.9 Å². The zero-order valence-electron chi connectivity index (χ0n) is 11.3. The largest absolute Gasteiger partial charge is 0.442 e. The molecule has 1 aliphatic rings. The van der Waals surface area contributed by atoms with Crippen molar-refractivity contribution >= 4 is 29.2 Å². The first-order valence-corrected chi connectivity index (χ1v) is 6.89. The molecule has 1 aromatic heterocycles. The molecule has 2 heterocycles. The fraction of sp³-hybridized carbons (Fsp3) is 0.214. The number of aromatic nitrogens is 2. The zero-order chi connectivity index (χ0) is 15.5. The predicted molar refractivity (Wildman–Crippen MR) is 81.0 cm³/mol. The smallest absolute Gasteiger partial charge is 0.414 e. The topological polar surface area (TPSA) is 59.7 Å². The minimum absolute atomic E-state index is 0.251. The molecule has 0 saturated carbocycles. The van der Waals surface area contributed by atoms with Gasteiger partial charge in [0.1, 0.15) is 11.9 Å². The third-order valence-corrected chi connectivity index (χ3v) is 3.39. The Labute approximate surface area is 130 Å². The Kier molecular flexibility index (Phi) is 3.95. The minimum Gasteiger partial charge on any atom is -0.442 e. The van der Waals surface area contributed by atoms with Gasteiger partial charge < -0.3 is 9.30 Å². The number of benzene rings is 1. The number of thiocarbonyl (C=S) groups is 1. The van der Waals surface area contributed by atoms with Gasteiger partial charge in [0.05, 0.1) is 36.0 Å². The van der Waals surface area contributed by atoms with Crippen LogP contribution in [0, 0.1) is 5.82 Å². The summed E-state index contributed by atoms with van der Waals surface area (Å²) in [6, 6.07) is 4.54. The predicted octanol–water partition coefficient (Wildman–Crippen LogP) is 2.44. The van der Waals surface area contributed by atoms with Crippen LogP contribution < -0.4 is 4.90 Å². The molecule has 1 aliphatic heterocycles. The average Bonchev–Trinajstić information content (AvgIpc) is 3.14. The van der Waals surface area contributed by atoms with Crippen molar-refractivity contribution in [1.82, 2.24) is 9.55 Å². The van der Waals surface area contributed by atoms with E-state index in [1.165, 1.54) is 17.3 Å². The van der Waals surface area contributed by atoms with E-state index in [0.29, 0.717) is 17.9 Å². The summed E-state index contributed by atoms with van der Waals surface area (Å²) < 4.78 is 20.9. The second-order valence-electron chi connectivity index (χ2n) is 4.65. The molecule has 0 bridgehead atoms. The lowest BCUT2D eigenvalue weighted by molar-refractivity contribution is 0.145. The van der Waals surface area contributed by atoms with E-state index in [2.05, 4.69) is 27.4 Å². The number of carbonyl (C=O) groups is 1. The number of nitrogens with zero attached hydrogens (tertiary/aromatic N) is 4. The number of hydrogen-bond donors (Lipinski definition) is 0. The minimum atomic E-state index is -0.528. The van der Waals surface area contributed by atoms with Crippen molar-refractivity contribution in [3.05, 3.63) is 42.7 Å². The summed E-state index contributed by atoms with van der Waals surface area (Å²) in [7, 11) is 0. The first-order valence-electron chi connectivity index (χ1n) is 6.48. The van der Waals surface area contributed by atoms with Crippen LogP contribution >= 0.6 is 12.2 Å². The number of aliphatic imine (C=N–C) groups is 1. The Bertz CT molecular complexity index is 743. The molecule has 0 aliphatic carbocycles. The Morgan fingerprint density at radius 2 is 2.41 bits per heavy atom. The van der Waals surface area contributed by atoms with Crippen molar-refractivity contribution in [1.29, 1.82) is 0 Å². The van der Waals surface area contributed by atoms with Gasteiger partial charge in [0.25, 0.3) is 0 Å². The summed E-state index contributed by atoms with van der Waals surface area (Å²) in [5.41, 5.74) is 0.788. The number of imidazole rings is 1. The van der Waals surface area contributed by atoms with Crippen molar-refractivity contribution in [3.8, 4) is 5.69 Å². The van der Waals surface area contributed by atoms with Crippen LogP contribution in [0.5, 0.6) is 0 Å². The number of amides is 1. The molecule has 0 N–H and O–H groups in total. The average molecular weight is 318 g/mol. The first-order chi connectivity index (χ1) is 10.7. The molecular formula is C14H11FN4O2S. The number of anilines is 1. The number of isothiocyanates is 1. The second kappa shape index (κ2) is 6.05. The van der Waals surface area contributed by atoms with Gasteiger partial charge in [0.2, 0.25) is 0 Å². The van der Waals surface area contributed by atoms with Gasteiger partial charge in [-0.05, 0) is 30.4 Å². The summed E-state index contributed by atoms with van der Waals surface area (Å²) in [5, 5.41) is 2.23. The number of rotatable bonds is 4. The Morgan fingerprint density at radius 3 is 3.09 bits per heavy atom. The highest BCUT2D eigenvalue weighted by Crippen LogP contribution is 2.25. The molecule has 0 unspecified atom stereocenters. The van der Waals surface area contributed by atoms with E-state index in [-0.39, 0.29) is 6.54 Å². The molecule has 6 nitrogen and oxygen atoms in total. The number of halogens is 1. The maximum atomic E-state index is 14.2. The van der Waals surface area contributed by atoms with Gasteiger partial charge in [0, 0.05) is 12.4 Å². The summed E-state index contributed by atoms with van der Waals surface area (Å²) in [6.45, 7) is 0.546. The highest BCUT2D eigenvalue weighted by atomic mass is 32.1. The van der Waals surface area contributed by atoms with Gasteiger partial charge in [-0.1, -0.05) is 0 Å². The molecule has 1 saturated heterocycles.